The zero-order valence-electron chi connectivity index (χ0n) is 12.5. The Balaban J connectivity index is 2.79. The average Bonchev–Trinajstić information content (AvgIpc) is 2.24. The summed E-state index contributed by atoms with van der Waals surface area (Å²) in [5, 5.41) is -1.19. The van der Waals surface area contributed by atoms with Gasteiger partial charge in [0, 0.05) is 25.3 Å². The number of rotatable bonds is 1. The number of carbonyl (C=O) groups is 2. The normalized spacial score (nSPS) is 23.9. The third-order valence-corrected chi connectivity index (χ3v) is 4.14. The van der Waals surface area contributed by atoms with Crippen molar-refractivity contribution in [3.8, 4) is 0 Å². The molecule has 1 amide bonds. The maximum absolute atomic E-state index is 13.1. The minimum absolute atomic E-state index is 0.119. The van der Waals surface area contributed by atoms with Crippen molar-refractivity contribution in [2.75, 3.05) is 13.1 Å². The van der Waals surface area contributed by atoms with Crippen molar-refractivity contribution in [3.05, 3.63) is 0 Å². The van der Waals surface area contributed by atoms with Crippen LogP contribution in [0, 0.1) is 5.92 Å². The van der Waals surface area contributed by atoms with Crippen molar-refractivity contribution in [2.45, 2.75) is 51.1 Å². The van der Waals surface area contributed by atoms with Crippen LogP contribution in [0.2, 0.25) is 0 Å². The monoisotopic (exact) mass is 327 g/mol. The van der Waals surface area contributed by atoms with Gasteiger partial charge in [-0.15, -0.1) is 0 Å². The quantitative estimate of drug-likeness (QED) is 0.740. The molecule has 1 aliphatic rings. The Morgan fingerprint density at radius 3 is 2.24 bits per heavy atom. The molecule has 0 aromatic heterocycles. The smallest absolute Gasteiger partial charge is 0.410 e. The number of halogens is 3. The van der Waals surface area contributed by atoms with Gasteiger partial charge in [-0.25, -0.2) is 4.79 Å². The molecule has 0 aliphatic carbocycles. The third-order valence-electron chi connectivity index (χ3n) is 2.94. The first-order valence-electron chi connectivity index (χ1n) is 6.62. The van der Waals surface area contributed by atoms with Crippen LogP contribution >= 0.6 is 11.8 Å². The van der Waals surface area contributed by atoms with Crippen LogP contribution in [-0.4, -0.2) is 46.2 Å². The summed E-state index contributed by atoms with van der Waals surface area (Å²) in [7, 11) is 0. The maximum atomic E-state index is 13.1. The van der Waals surface area contributed by atoms with Crippen molar-refractivity contribution < 1.29 is 27.5 Å². The Kier molecular flexibility index (Phi) is 5.57. The second-order valence-corrected chi connectivity index (χ2v) is 7.43. The fourth-order valence-electron chi connectivity index (χ4n) is 2.09. The average molecular weight is 327 g/mol. The van der Waals surface area contributed by atoms with Crippen LogP contribution in [-0.2, 0) is 9.53 Å². The lowest BCUT2D eigenvalue weighted by atomic mass is 9.97. The van der Waals surface area contributed by atoms with Gasteiger partial charge in [0.25, 0.3) is 0 Å². The molecule has 21 heavy (non-hydrogen) atoms. The van der Waals surface area contributed by atoms with Gasteiger partial charge in [-0.2, -0.15) is 13.2 Å². The predicted molar refractivity (Wildman–Crippen MR) is 74.0 cm³/mol. The summed E-state index contributed by atoms with van der Waals surface area (Å²) in [5.41, 5.74) is -0.754. The van der Waals surface area contributed by atoms with E-state index in [0.29, 0.717) is 11.8 Å². The van der Waals surface area contributed by atoms with Crippen molar-refractivity contribution in [1.29, 1.82) is 0 Å². The predicted octanol–water partition coefficient (Wildman–Crippen LogP) is 3.45. The van der Waals surface area contributed by atoms with E-state index in [0.717, 1.165) is 4.90 Å². The first-order valence-corrected chi connectivity index (χ1v) is 7.50. The molecule has 0 bridgehead atoms. The number of hydrogen-bond donors (Lipinski definition) is 0. The molecule has 0 radical (unpaired) electrons. The summed E-state index contributed by atoms with van der Waals surface area (Å²) < 4.78 is 44.4. The number of amides is 1. The first-order chi connectivity index (χ1) is 9.40. The molecule has 122 valence electrons. The second-order valence-electron chi connectivity index (χ2n) is 6.01. The summed E-state index contributed by atoms with van der Waals surface area (Å²) in [5.74, 6) is -1.72. The third kappa shape index (κ3) is 5.76. The van der Waals surface area contributed by atoms with Crippen LogP contribution in [0.3, 0.4) is 0 Å². The number of thioether (sulfide) groups is 1. The van der Waals surface area contributed by atoms with E-state index in [2.05, 4.69) is 0 Å². The molecule has 1 aliphatic heterocycles. The van der Waals surface area contributed by atoms with Crippen molar-refractivity contribution in [1.82, 2.24) is 4.90 Å². The molecule has 0 aromatic carbocycles. The molecule has 2 unspecified atom stereocenters. The molecule has 4 nitrogen and oxygen atoms in total. The van der Waals surface area contributed by atoms with E-state index in [1.807, 2.05) is 0 Å². The Labute approximate surface area is 126 Å². The number of hydrogen-bond acceptors (Lipinski definition) is 4. The van der Waals surface area contributed by atoms with Crippen molar-refractivity contribution in [3.63, 3.8) is 0 Å². The molecule has 8 heteroatoms. The largest absolute Gasteiger partial charge is 0.444 e. The first kappa shape index (κ1) is 18.1. The van der Waals surface area contributed by atoms with Gasteiger partial charge in [-0.05, 0) is 27.2 Å². The molecule has 2 atom stereocenters. The van der Waals surface area contributed by atoms with Crippen LogP contribution in [0.1, 0.15) is 34.1 Å². The summed E-state index contributed by atoms with van der Waals surface area (Å²) in [6.45, 7) is 5.91. The molecule has 1 fully saturated rings. The molecule has 1 saturated heterocycles. The number of alkyl halides is 3. The molecule has 0 N–H and O–H groups in total. The fourth-order valence-corrected chi connectivity index (χ4v) is 3.15. The zero-order valence-corrected chi connectivity index (χ0v) is 13.3. The number of likely N-dealkylation sites (tertiary alicyclic amines) is 1. The SMILES string of the molecule is CC(=O)SC1CCN(C(=O)OC(C)(C)C)CC1C(F)(F)F. The number of carbonyl (C=O) groups excluding carboxylic acids is 2. The van der Waals surface area contributed by atoms with Gasteiger partial charge in [0.05, 0.1) is 5.92 Å². The van der Waals surface area contributed by atoms with Gasteiger partial charge in [-0.1, -0.05) is 11.8 Å². The van der Waals surface area contributed by atoms with E-state index in [9.17, 15) is 22.8 Å². The minimum atomic E-state index is -4.45. The standard InChI is InChI=1S/C13H20F3NO3S/c1-8(18)21-10-5-6-17(7-9(10)13(14,15)16)11(19)20-12(2,3)4/h9-10H,5-7H2,1-4H3. The topological polar surface area (TPSA) is 46.6 Å². The molecule has 0 spiro atoms. The summed E-state index contributed by atoms with van der Waals surface area (Å²) in [6.07, 6.45) is -5.08. The van der Waals surface area contributed by atoms with E-state index in [1.54, 1.807) is 20.8 Å². The molecular formula is C13H20F3NO3S. The second kappa shape index (κ2) is 6.46. The van der Waals surface area contributed by atoms with Gasteiger partial charge in [-0.3, -0.25) is 4.79 Å². The van der Waals surface area contributed by atoms with E-state index in [4.69, 9.17) is 4.74 Å². The Morgan fingerprint density at radius 2 is 1.81 bits per heavy atom. The molecule has 0 saturated carbocycles. The molecular weight excluding hydrogens is 307 g/mol. The van der Waals surface area contributed by atoms with Crippen LogP contribution < -0.4 is 0 Å². The van der Waals surface area contributed by atoms with Crippen LogP contribution in [0.15, 0.2) is 0 Å². The molecule has 0 aromatic rings. The summed E-state index contributed by atoms with van der Waals surface area (Å²) in [4.78, 5) is 24.0. The van der Waals surface area contributed by atoms with Crippen LogP contribution in [0.4, 0.5) is 18.0 Å². The summed E-state index contributed by atoms with van der Waals surface area (Å²) in [6, 6.07) is 0. The van der Waals surface area contributed by atoms with Gasteiger partial charge < -0.3 is 9.64 Å². The number of piperidine rings is 1. The van der Waals surface area contributed by atoms with Crippen molar-refractivity contribution >= 4 is 23.0 Å². The number of nitrogens with zero attached hydrogens (tertiary/aromatic N) is 1. The van der Waals surface area contributed by atoms with Gasteiger partial charge in [0.15, 0.2) is 5.12 Å². The Morgan fingerprint density at radius 1 is 1.24 bits per heavy atom. The highest BCUT2D eigenvalue weighted by Crippen LogP contribution is 2.39. The lowest BCUT2D eigenvalue weighted by Crippen LogP contribution is -2.51. The van der Waals surface area contributed by atoms with Crippen LogP contribution in [0.25, 0.3) is 0 Å². The van der Waals surface area contributed by atoms with E-state index < -0.39 is 35.6 Å². The highest BCUT2D eigenvalue weighted by atomic mass is 32.2. The maximum Gasteiger partial charge on any atom is 0.410 e. The van der Waals surface area contributed by atoms with Gasteiger partial charge in [0.1, 0.15) is 5.60 Å². The lowest BCUT2D eigenvalue weighted by Gasteiger charge is -2.39. The molecule has 1 rings (SSSR count). The highest BCUT2D eigenvalue weighted by Gasteiger charge is 2.49. The van der Waals surface area contributed by atoms with Gasteiger partial charge in [0.2, 0.25) is 0 Å². The van der Waals surface area contributed by atoms with E-state index in [1.165, 1.54) is 6.92 Å². The minimum Gasteiger partial charge on any atom is -0.444 e. The fraction of sp³-hybridized carbons (Fsp3) is 0.846. The Bertz CT molecular complexity index is 406. The van der Waals surface area contributed by atoms with E-state index in [-0.39, 0.29) is 18.1 Å². The number of ether oxygens (including phenoxy) is 1. The van der Waals surface area contributed by atoms with Gasteiger partial charge >= 0.3 is 12.3 Å². The summed E-state index contributed by atoms with van der Waals surface area (Å²) >= 11 is 0.700. The zero-order chi connectivity index (χ0) is 16.4. The van der Waals surface area contributed by atoms with Crippen LogP contribution in [0.5, 0.6) is 0 Å². The lowest BCUT2D eigenvalue weighted by molar-refractivity contribution is -0.183. The highest BCUT2D eigenvalue weighted by molar-refractivity contribution is 8.14. The van der Waals surface area contributed by atoms with Crippen molar-refractivity contribution in [2.24, 2.45) is 5.92 Å². The Hall–Kier alpha value is -0.920. The molecule has 1 heterocycles. The van der Waals surface area contributed by atoms with E-state index >= 15 is 0 Å².